The van der Waals surface area contributed by atoms with Gasteiger partial charge in [0.2, 0.25) is 11.8 Å². The van der Waals surface area contributed by atoms with Crippen molar-refractivity contribution in [3.63, 3.8) is 0 Å². The molecule has 0 bridgehead atoms. The molecular formula is C17H25N3O2. The lowest BCUT2D eigenvalue weighted by Gasteiger charge is -2.29. The lowest BCUT2D eigenvalue weighted by molar-refractivity contribution is -0.136. The first-order chi connectivity index (χ1) is 10.7. The van der Waals surface area contributed by atoms with Crippen molar-refractivity contribution in [1.29, 1.82) is 0 Å². The zero-order valence-electron chi connectivity index (χ0n) is 13.3. The van der Waals surface area contributed by atoms with Crippen LogP contribution < -0.4 is 5.32 Å². The van der Waals surface area contributed by atoms with E-state index in [0.717, 1.165) is 31.2 Å². The minimum Gasteiger partial charge on any atom is -0.350 e. The molecule has 1 N–H and O–H groups in total. The molecule has 5 nitrogen and oxygen atoms in total. The van der Waals surface area contributed by atoms with Gasteiger partial charge in [-0.05, 0) is 30.5 Å². The molecule has 2 rings (SSSR count). The van der Waals surface area contributed by atoms with Crippen molar-refractivity contribution in [3.8, 4) is 0 Å². The van der Waals surface area contributed by atoms with Crippen LogP contribution in [-0.4, -0.2) is 34.3 Å². The number of amides is 2. The molecule has 1 aromatic heterocycles. The van der Waals surface area contributed by atoms with Gasteiger partial charge in [-0.25, -0.2) is 0 Å². The van der Waals surface area contributed by atoms with E-state index in [1.54, 1.807) is 24.2 Å². The van der Waals surface area contributed by atoms with E-state index < -0.39 is 0 Å². The van der Waals surface area contributed by atoms with Gasteiger partial charge in [0.1, 0.15) is 0 Å². The first-order valence-corrected chi connectivity index (χ1v) is 8.09. The van der Waals surface area contributed by atoms with Crippen molar-refractivity contribution >= 4 is 11.8 Å². The first kappa shape index (κ1) is 16.5. The van der Waals surface area contributed by atoms with E-state index in [1.165, 1.54) is 12.8 Å². The van der Waals surface area contributed by atoms with Gasteiger partial charge in [0.25, 0.3) is 0 Å². The largest absolute Gasteiger partial charge is 0.350 e. The van der Waals surface area contributed by atoms with E-state index >= 15 is 0 Å². The van der Waals surface area contributed by atoms with Crippen molar-refractivity contribution in [1.82, 2.24) is 15.2 Å². The van der Waals surface area contributed by atoms with E-state index in [2.05, 4.69) is 10.3 Å². The summed E-state index contributed by atoms with van der Waals surface area (Å²) in [5.41, 5.74) is 1.01. The fraction of sp³-hybridized carbons (Fsp3) is 0.588. The highest BCUT2D eigenvalue weighted by Gasteiger charge is 2.24. The summed E-state index contributed by atoms with van der Waals surface area (Å²) < 4.78 is 0. The lowest BCUT2D eigenvalue weighted by Crippen LogP contribution is -2.45. The van der Waals surface area contributed by atoms with Crippen LogP contribution in [0.2, 0.25) is 0 Å². The van der Waals surface area contributed by atoms with Gasteiger partial charge in [-0.15, -0.1) is 0 Å². The Labute approximate surface area is 132 Å². The molecule has 0 aliphatic heterocycles. The summed E-state index contributed by atoms with van der Waals surface area (Å²) in [4.78, 5) is 29.7. The Morgan fingerprint density at radius 3 is 2.41 bits per heavy atom. The van der Waals surface area contributed by atoms with Crippen LogP contribution >= 0.6 is 0 Å². The Bertz CT molecular complexity index is 482. The molecule has 0 spiro atoms. The smallest absolute Gasteiger partial charge is 0.239 e. The molecule has 0 atom stereocenters. The highest BCUT2D eigenvalue weighted by atomic mass is 16.2. The second-order valence-corrected chi connectivity index (χ2v) is 5.92. The SMILES string of the molecule is CC(=O)N(CC(=O)NCc1ccncc1)C1CCCCCC1. The van der Waals surface area contributed by atoms with Gasteiger partial charge in [0.05, 0.1) is 6.54 Å². The predicted molar refractivity (Wildman–Crippen MR) is 85.0 cm³/mol. The number of carbonyl (C=O) groups excluding carboxylic acids is 2. The molecule has 2 amide bonds. The second-order valence-electron chi connectivity index (χ2n) is 5.92. The number of hydrogen-bond acceptors (Lipinski definition) is 3. The summed E-state index contributed by atoms with van der Waals surface area (Å²) in [6, 6.07) is 3.95. The lowest BCUT2D eigenvalue weighted by atomic mass is 10.1. The van der Waals surface area contributed by atoms with Crippen LogP contribution in [0, 0.1) is 0 Å². The molecule has 0 saturated heterocycles. The summed E-state index contributed by atoms with van der Waals surface area (Å²) in [5.74, 6) is -0.109. The third-order valence-corrected chi connectivity index (χ3v) is 4.22. The van der Waals surface area contributed by atoms with Crippen LogP contribution in [0.1, 0.15) is 51.0 Å². The third-order valence-electron chi connectivity index (χ3n) is 4.22. The second kappa shape index (κ2) is 8.51. The van der Waals surface area contributed by atoms with Crippen LogP contribution in [0.25, 0.3) is 0 Å². The molecule has 120 valence electrons. The van der Waals surface area contributed by atoms with Crippen LogP contribution in [0.3, 0.4) is 0 Å². The van der Waals surface area contributed by atoms with Gasteiger partial charge >= 0.3 is 0 Å². The Kier molecular flexibility index (Phi) is 6.37. The van der Waals surface area contributed by atoms with E-state index in [4.69, 9.17) is 0 Å². The molecular weight excluding hydrogens is 278 g/mol. The number of hydrogen-bond donors (Lipinski definition) is 1. The van der Waals surface area contributed by atoms with E-state index in [-0.39, 0.29) is 24.4 Å². The Morgan fingerprint density at radius 2 is 1.82 bits per heavy atom. The van der Waals surface area contributed by atoms with E-state index in [9.17, 15) is 9.59 Å². The fourth-order valence-corrected chi connectivity index (χ4v) is 2.98. The van der Waals surface area contributed by atoms with Gasteiger partial charge in [-0.2, -0.15) is 0 Å². The van der Waals surface area contributed by atoms with Gasteiger partial charge in [-0.1, -0.05) is 25.7 Å². The van der Waals surface area contributed by atoms with Gasteiger partial charge in [-0.3, -0.25) is 14.6 Å². The number of aromatic nitrogens is 1. The maximum Gasteiger partial charge on any atom is 0.239 e. The number of pyridine rings is 1. The molecule has 22 heavy (non-hydrogen) atoms. The van der Waals surface area contributed by atoms with E-state index in [1.807, 2.05) is 12.1 Å². The zero-order valence-corrected chi connectivity index (χ0v) is 13.3. The average molecular weight is 303 g/mol. The summed E-state index contributed by atoms with van der Waals surface area (Å²) in [6.07, 6.45) is 10.2. The van der Waals surface area contributed by atoms with Gasteiger partial charge in [0.15, 0.2) is 0 Å². The third kappa shape index (κ3) is 5.13. The normalized spacial score (nSPS) is 15.9. The topological polar surface area (TPSA) is 62.3 Å². The van der Waals surface area contributed by atoms with Crippen molar-refractivity contribution in [2.45, 2.75) is 58.0 Å². The summed E-state index contributed by atoms with van der Waals surface area (Å²) in [6.45, 7) is 2.18. The average Bonchev–Trinajstić information content (AvgIpc) is 2.80. The minimum atomic E-state index is -0.101. The summed E-state index contributed by atoms with van der Waals surface area (Å²) >= 11 is 0. The zero-order chi connectivity index (χ0) is 15.8. The van der Waals surface area contributed by atoms with Crippen molar-refractivity contribution in [2.24, 2.45) is 0 Å². The maximum atomic E-state index is 12.1. The molecule has 1 fully saturated rings. The van der Waals surface area contributed by atoms with Crippen LogP contribution in [0.5, 0.6) is 0 Å². The Balaban J connectivity index is 1.87. The van der Waals surface area contributed by atoms with Gasteiger partial charge < -0.3 is 10.2 Å². The quantitative estimate of drug-likeness (QED) is 0.849. The number of nitrogens with zero attached hydrogens (tertiary/aromatic N) is 2. The fourth-order valence-electron chi connectivity index (χ4n) is 2.98. The van der Waals surface area contributed by atoms with Crippen LogP contribution in [0.15, 0.2) is 24.5 Å². The number of carbonyl (C=O) groups is 2. The molecule has 1 aliphatic carbocycles. The molecule has 1 heterocycles. The van der Waals surface area contributed by atoms with Crippen LogP contribution in [-0.2, 0) is 16.1 Å². The molecule has 1 aliphatic rings. The molecule has 1 aromatic rings. The monoisotopic (exact) mass is 303 g/mol. The van der Waals surface area contributed by atoms with Crippen molar-refractivity contribution in [3.05, 3.63) is 30.1 Å². The highest BCUT2D eigenvalue weighted by Crippen LogP contribution is 2.21. The Hall–Kier alpha value is -1.91. The Morgan fingerprint density at radius 1 is 1.18 bits per heavy atom. The molecule has 0 unspecified atom stereocenters. The van der Waals surface area contributed by atoms with Crippen molar-refractivity contribution < 1.29 is 9.59 Å². The van der Waals surface area contributed by atoms with Crippen LogP contribution in [0.4, 0.5) is 0 Å². The summed E-state index contributed by atoms with van der Waals surface area (Å²) in [7, 11) is 0. The first-order valence-electron chi connectivity index (χ1n) is 8.09. The molecule has 5 heteroatoms. The number of rotatable bonds is 5. The molecule has 0 radical (unpaired) electrons. The standard InChI is InChI=1S/C17H25N3O2/c1-14(21)20(16-6-4-2-3-5-7-16)13-17(22)19-12-15-8-10-18-11-9-15/h8-11,16H,2-7,12-13H2,1H3,(H,19,22). The van der Waals surface area contributed by atoms with E-state index in [0.29, 0.717) is 6.54 Å². The number of nitrogens with one attached hydrogen (secondary N) is 1. The molecule has 1 saturated carbocycles. The van der Waals surface area contributed by atoms with Crippen molar-refractivity contribution in [2.75, 3.05) is 6.54 Å². The highest BCUT2D eigenvalue weighted by molar-refractivity contribution is 5.83. The van der Waals surface area contributed by atoms with Gasteiger partial charge in [0, 0.05) is 31.9 Å². The minimum absolute atomic E-state index is 0.00837. The molecule has 0 aromatic carbocycles. The predicted octanol–water partition coefficient (Wildman–Crippen LogP) is 2.27. The summed E-state index contributed by atoms with van der Waals surface area (Å²) in [5, 5.41) is 2.88. The maximum absolute atomic E-state index is 12.1.